The van der Waals surface area contributed by atoms with E-state index in [9.17, 15) is 4.79 Å². The van der Waals surface area contributed by atoms with Crippen LogP contribution in [0.4, 0.5) is 0 Å². The Morgan fingerprint density at radius 1 is 1.56 bits per heavy atom. The zero-order valence-corrected chi connectivity index (χ0v) is 10.1. The van der Waals surface area contributed by atoms with Gasteiger partial charge in [-0.15, -0.1) is 0 Å². The van der Waals surface area contributed by atoms with Crippen LogP contribution in [0.3, 0.4) is 0 Å². The topological polar surface area (TPSA) is 79.5 Å². The minimum Gasteiger partial charge on any atom is -0.492 e. The van der Waals surface area contributed by atoms with Crippen LogP contribution >= 0.6 is 0 Å². The van der Waals surface area contributed by atoms with Gasteiger partial charge in [-0.2, -0.15) is 5.26 Å². The molecular weight excluding hydrogens is 234 g/mol. The highest BCUT2D eigenvalue weighted by Gasteiger charge is 2.12. The highest BCUT2D eigenvalue weighted by molar-refractivity contribution is 5.97. The minimum atomic E-state index is -1.28. The number of hydrogen-bond acceptors (Lipinski definition) is 4. The molecule has 18 heavy (non-hydrogen) atoms. The van der Waals surface area contributed by atoms with Crippen LogP contribution in [-0.4, -0.2) is 24.8 Å². The second-order valence-corrected chi connectivity index (χ2v) is 3.29. The van der Waals surface area contributed by atoms with Crippen molar-refractivity contribution in [2.45, 2.75) is 6.92 Å². The molecule has 94 valence electrons. The van der Waals surface area contributed by atoms with Crippen molar-refractivity contribution < 1.29 is 19.4 Å². The van der Waals surface area contributed by atoms with Crippen molar-refractivity contribution in [3.8, 4) is 17.6 Å². The van der Waals surface area contributed by atoms with Crippen molar-refractivity contribution in [1.29, 1.82) is 5.26 Å². The number of carbonyl (C=O) groups is 1. The third-order valence-electron chi connectivity index (χ3n) is 2.16. The molecule has 0 radical (unpaired) electrons. The fourth-order valence-corrected chi connectivity index (χ4v) is 1.43. The molecule has 1 N–H and O–H groups in total. The zero-order chi connectivity index (χ0) is 13.5. The van der Waals surface area contributed by atoms with Crippen LogP contribution < -0.4 is 9.47 Å². The van der Waals surface area contributed by atoms with Gasteiger partial charge in [-0.05, 0) is 19.1 Å². The number of ether oxygens (including phenoxy) is 2. The lowest BCUT2D eigenvalue weighted by Gasteiger charge is -2.11. The molecule has 0 heterocycles. The Morgan fingerprint density at radius 3 is 2.78 bits per heavy atom. The first-order valence-corrected chi connectivity index (χ1v) is 5.28. The maximum Gasteiger partial charge on any atom is 0.346 e. The molecule has 0 aliphatic heterocycles. The summed E-state index contributed by atoms with van der Waals surface area (Å²) in [6, 6.07) is 6.69. The summed E-state index contributed by atoms with van der Waals surface area (Å²) in [5.41, 5.74) is 0.129. The van der Waals surface area contributed by atoms with Crippen LogP contribution in [0.5, 0.6) is 11.5 Å². The fourth-order valence-electron chi connectivity index (χ4n) is 1.43. The maximum absolute atomic E-state index is 10.8. The molecule has 0 amide bonds. The number of benzene rings is 1. The molecule has 0 saturated carbocycles. The van der Waals surface area contributed by atoms with Crippen molar-refractivity contribution in [2.24, 2.45) is 0 Å². The second kappa shape index (κ2) is 6.30. The van der Waals surface area contributed by atoms with E-state index in [2.05, 4.69) is 0 Å². The SMILES string of the molecule is CCOc1cccc(/C=C(\C#N)C(=O)O)c1OC. The largest absolute Gasteiger partial charge is 0.492 e. The summed E-state index contributed by atoms with van der Waals surface area (Å²) in [6.45, 7) is 2.30. The number of aliphatic carboxylic acids is 1. The molecule has 5 heteroatoms. The number of nitrogens with zero attached hydrogens (tertiary/aromatic N) is 1. The highest BCUT2D eigenvalue weighted by atomic mass is 16.5. The fraction of sp³-hybridized carbons (Fsp3) is 0.231. The number of nitriles is 1. The van der Waals surface area contributed by atoms with Gasteiger partial charge in [0.15, 0.2) is 11.5 Å². The molecule has 0 aliphatic carbocycles. The lowest BCUT2D eigenvalue weighted by Crippen LogP contribution is -2.00. The van der Waals surface area contributed by atoms with Crippen LogP contribution in [0, 0.1) is 11.3 Å². The van der Waals surface area contributed by atoms with E-state index in [1.54, 1.807) is 24.3 Å². The van der Waals surface area contributed by atoms with Crippen molar-refractivity contribution in [2.75, 3.05) is 13.7 Å². The van der Waals surface area contributed by atoms with E-state index in [1.165, 1.54) is 13.2 Å². The van der Waals surface area contributed by atoms with Crippen molar-refractivity contribution in [3.63, 3.8) is 0 Å². The maximum atomic E-state index is 10.8. The average molecular weight is 247 g/mol. The Bertz CT molecular complexity index is 514. The van der Waals surface area contributed by atoms with Gasteiger partial charge in [-0.3, -0.25) is 0 Å². The molecule has 0 bridgehead atoms. The van der Waals surface area contributed by atoms with E-state index >= 15 is 0 Å². The minimum absolute atomic E-state index is 0.359. The van der Waals surface area contributed by atoms with E-state index in [-0.39, 0.29) is 5.57 Å². The standard InChI is InChI=1S/C13H13NO4/c1-3-18-11-6-4-5-9(12(11)17-2)7-10(8-14)13(15)16/h4-7H,3H2,1-2H3,(H,15,16)/b10-7+. The highest BCUT2D eigenvalue weighted by Crippen LogP contribution is 2.32. The number of para-hydroxylation sites is 1. The summed E-state index contributed by atoms with van der Waals surface area (Å²) < 4.78 is 10.5. The van der Waals surface area contributed by atoms with E-state index < -0.39 is 5.97 Å². The normalized spacial score (nSPS) is 10.6. The molecule has 5 nitrogen and oxygen atoms in total. The Hall–Kier alpha value is -2.48. The van der Waals surface area contributed by atoms with Gasteiger partial charge in [0.25, 0.3) is 0 Å². The first-order chi connectivity index (χ1) is 8.63. The molecule has 0 fully saturated rings. The Kier molecular flexibility index (Phi) is 4.76. The van der Waals surface area contributed by atoms with Crippen LogP contribution in [-0.2, 0) is 4.79 Å². The number of methoxy groups -OCH3 is 1. The molecule has 0 unspecified atom stereocenters. The predicted octanol–water partition coefficient (Wildman–Crippen LogP) is 2.09. The third-order valence-corrected chi connectivity index (χ3v) is 2.16. The third kappa shape index (κ3) is 3.01. The van der Waals surface area contributed by atoms with Crippen LogP contribution in [0.15, 0.2) is 23.8 Å². The van der Waals surface area contributed by atoms with Crippen LogP contribution in [0.25, 0.3) is 6.08 Å². The average Bonchev–Trinajstić information content (AvgIpc) is 2.36. The Labute approximate surface area is 105 Å². The van der Waals surface area contributed by atoms with Gasteiger partial charge in [0, 0.05) is 5.56 Å². The lowest BCUT2D eigenvalue weighted by atomic mass is 10.1. The lowest BCUT2D eigenvalue weighted by molar-refractivity contribution is -0.132. The molecule has 0 saturated heterocycles. The van der Waals surface area contributed by atoms with Gasteiger partial charge < -0.3 is 14.6 Å². The Morgan fingerprint density at radius 2 is 2.28 bits per heavy atom. The summed E-state index contributed by atoms with van der Waals surface area (Å²) in [5.74, 6) is -0.355. The van der Waals surface area contributed by atoms with Gasteiger partial charge in [0.05, 0.1) is 13.7 Å². The van der Waals surface area contributed by atoms with E-state index in [4.69, 9.17) is 19.8 Å². The molecule has 1 aromatic carbocycles. The summed E-state index contributed by atoms with van der Waals surface area (Å²) in [4.78, 5) is 10.8. The van der Waals surface area contributed by atoms with Gasteiger partial charge >= 0.3 is 5.97 Å². The summed E-state index contributed by atoms with van der Waals surface area (Å²) in [6.07, 6.45) is 1.25. The molecule has 0 aromatic heterocycles. The first-order valence-electron chi connectivity index (χ1n) is 5.28. The van der Waals surface area contributed by atoms with Crippen LogP contribution in [0.2, 0.25) is 0 Å². The molecule has 1 aromatic rings. The summed E-state index contributed by atoms with van der Waals surface area (Å²) in [5, 5.41) is 17.5. The number of carboxylic acid groups (broad SMARTS) is 1. The molecule has 0 aliphatic rings. The summed E-state index contributed by atoms with van der Waals surface area (Å²) >= 11 is 0. The van der Waals surface area contributed by atoms with E-state index in [1.807, 2.05) is 6.92 Å². The van der Waals surface area contributed by atoms with Gasteiger partial charge in [0.1, 0.15) is 11.6 Å². The Balaban J connectivity index is 3.29. The van der Waals surface area contributed by atoms with Crippen molar-refractivity contribution >= 4 is 12.0 Å². The second-order valence-electron chi connectivity index (χ2n) is 3.29. The van der Waals surface area contributed by atoms with Crippen molar-refractivity contribution in [3.05, 3.63) is 29.3 Å². The van der Waals surface area contributed by atoms with Crippen LogP contribution in [0.1, 0.15) is 12.5 Å². The van der Waals surface area contributed by atoms with Crippen molar-refractivity contribution in [1.82, 2.24) is 0 Å². The van der Waals surface area contributed by atoms with E-state index in [0.29, 0.717) is 23.7 Å². The van der Waals surface area contributed by atoms with E-state index in [0.717, 1.165) is 0 Å². The molecular formula is C13H13NO4. The quantitative estimate of drug-likeness (QED) is 0.636. The van der Waals surface area contributed by atoms with Gasteiger partial charge in [-0.25, -0.2) is 4.79 Å². The first kappa shape index (κ1) is 13.6. The number of carboxylic acids is 1. The monoisotopic (exact) mass is 247 g/mol. The predicted molar refractivity (Wildman–Crippen MR) is 65.4 cm³/mol. The molecule has 1 rings (SSSR count). The van der Waals surface area contributed by atoms with Gasteiger partial charge in [0.2, 0.25) is 0 Å². The number of hydrogen-bond donors (Lipinski definition) is 1. The smallest absolute Gasteiger partial charge is 0.346 e. The molecule has 0 atom stereocenters. The molecule has 0 spiro atoms. The zero-order valence-electron chi connectivity index (χ0n) is 10.1. The van der Waals surface area contributed by atoms with Gasteiger partial charge in [-0.1, -0.05) is 12.1 Å². The summed E-state index contributed by atoms with van der Waals surface area (Å²) in [7, 11) is 1.46. The number of rotatable bonds is 5.